The fourth-order valence-corrected chi connectivity index (χ4v) is 2.54. The minimum absolute atomic E-state index is 0.0692. The van der Waals surface area contributed by atoms with Gasteiger partial charge in [0, 0.05) is 5.56 Å². The van der Waals surface area contributed by atoms with E-state index in [0.717, 1.165) is 27.3 Å². The molecule has 0 aliphatic carbocycles. The van der Waals surface area contributed by atoms with Crippen LogP contribution in [0.2, 0.25) is 0 Å². The average molecular weight is 264 g/mol. The number of methoxy groups -OCH3 is 1. The van der Waals surface area contributed by atoms with Crippen LogP contribution in [0.15, 0.2) is 12.1 Å². The van der Waals surface area contributed by atoms with Crippen molar-refractivity contribution in [1.29, 1.82) is 0 Å². The van der Waals surface area contributed by atoms with Crippen LogP contribution in [0.5, 0.6) is 5.75 Å². The Morgan fingerprint density at radius 2 is 2.00 bits per heavy atom. The molecule has 1 aromatic heterocycles. The molecule has 2 rings (SSSR count). The molecular formula is C13H16N2O2S. The molecule has 0 saturated carbocycles. The van der Waals surface area contributed by atoms with Gasteiger partial charge in [0.2, 0.25) is 0 Å². The maximum Gasteiger partial charge on any atom is 0.180 e. The Bertz CT molecular complexity index is 579. The predicted molar refractivity (Wildman–Crippen MR) is 73.9 cm³/mol. The number of aliphatic hydroxyl groups excluding tert-OH is 1. The molecule has 0 aliphatic heterocycles. The number of hydrogen-bond acceptors (Lipinski definition) is 5. The van der Waals surface area contributed by atoms with E-state index in [1.165, 1.54) is 11.3 Å². The summed E-state index contributed by atoms with van der Waals surface area (Å²) in [5.74, 6) is 0.748. The van der Waals surface area contributed by atoms with Crippen LogP contribution < -0.4 is 10.5 Å². The van der Waals surface area contributed by atoms with Crippen LogP contribution in [-0.2, 0) is 6.61 Å². The first-order valence-corrected chi connectivity index (χ1v) is 6.40. The third-order valence-corrected chi connectivity index (χ3v) is 3.80. The van der Waals surface area contributed by atoms with Crippen molar-refractivity contribution in [2.24, 2.45) is 0 Å². The molecular weight excluding hydrogens is 248 g/mol. The lowest BCUT2D eigenvalue weighted by molar-refractivity contribution is 0.286. The molecule has 0 unspecified atom stereocenters. The molecule has 18 heavy (non-hydrogen) atoms. The lowest BCUT2D eigenvalue weighted by atomic mass is 10.0. The standard InChI is InChI=1S/C13H16N2O2S/c1-7-4-9(10(17-3)5-8(7)2)12-11(6-16)18-13(14)15-12/h4-5,16H,6H2,1-3H3,(H2,14,15). The summed E-state index contributed by atoms with van der Waals surface area (Å²) in [4.78, 5) is 5.05. The molecule has 0 amide bonds. The fraction of sp³-hybridized carbons (Fsp3) is 0.308. The molecule has 1 heterocycles. The zero-order valence-corrected chi connectivity index (χ0v) is 11.5. The minimum atomic E-state index is -0.0692. The van der Waals surface area contributed by atoms with Crippen molar-refractivity contribution >= 4 is 16.5 Å². The van der Waals surface area contributed by atoms with Crippen LogP contribution in [0.4, 0.5) is 5.13 Å². The second-order valence-corrected chi connectivity index (χ2v) is 5.23. The molecule has 0 fully saturated rings. The van der Waals surface area contributed by atoms with Crippen LogP contribution in [0.3, 0.4) is 0 Å². The third-order valence-electron chi connectivity index (χ3n) is 2.93. The van der Waals surface area contributed by atoms with Gasteiger partial charge in [0.05, 0.1) is 24.3 Å². The topological polar surface area (TPSA) is 68.4 Å². The highest BCUT2D eigenvalue weighted by molar-refractivity contribution is 7.15. The van der Waals surface area contributed by atoms with Crippen LogP contribution in [0.25, 0.3) is 11.3 Å². The van der Waals surface area contributed by atoms with E-state index in [0.29, 0.717) is 10.8 Å². The van der Waals surface area contributed by atoms with Gasteiger partial charge in [-0.3, -0.25) is 0 Å². The van der Waals surface area contributed by atoms with E-state index in [1.807, 2.05) is 26.0 Å². The molecule has 4 nitrogen and oxygen atoms in total. The van der Waals surface area contributed by atoms with Gasteiger partial charge in [0.25, 0.3) is 0 Å². The Morgan fingerprint density at radius 1 is 1.33 bits per heavy atom. The summed E-state index contributed by atoms with van der Waals surface area (Å²) in [6.45, 7) is 4.00. The monoisotopic (exact) mass is 264 g/mol. The van der Waals surface area contributed by atoms with Gasteiger partial charge in [0.15, 0.2) is 5.13 Å². The van der Waals surface area contributed by atoms with E-state index in [9.17, 15) is 5.11 Å². The Labute approximate surface area is 110 Å². The highest BCUT2D eigenvalue weighted by Gasteiger charge is 2.16. The number of aryl methyl sites for hydroxylation is 2. The van der Waals surface area contributed by atoms with Crippen LogP contribution >= 0.6 is 11.3 Å². The van der Waals surface area contributed by atoms with E-state index < -0.39 is 0 Å². The van der Waals surface area contributed by atoms with Gasteiger partial charge in [0.1, 0.15) is 5.75 Å². The van der Waals surface area contributed by atoms with Crippen LogP contribution in [-0.4, -0.2) is 17.2 Å². The number of thiazole rings is 1. The Morgan fingerprint density at radius 3 is 2.61 bits per heavy atom. The summed E-state index contributed by atoms with van der Waals surface area (Å²) >= 11 is 1.30. The average Bonchev–Trinajstić information content (AvgIpc) is 2.73. The molecule has 0 atom stereocenters. The van der Waals surface area contributed by atoms with Crippen molar-refractivity contribution in [1.82, 2.24) is 4.98 Å². The maximum absolute atomic E-state index is 9.35. The van der Waals surface area contributed by atoms with Gasteiger partial charge < -0.3 is 15.6 Å². The summed E-state index contributed by atoms with van der Waals surface area (Å²) in [6.07, 6.45) is 0. The van der Waals surface area contributed by atoms with Crippen molar-refractivity contribution in [3.05, 3.63) is 28.1 Å². The zero-order chi connectivity index (χ0) is 13.3. The first-order valence-electron chi connectivity index (χ1n) is 5.58. The van der Waals surface area contributed by atoms with Crippen molar-refractivity contribution in [3.63, 3.8) is 0 Å². The Kier molecular flexibility index (Phi) is 3.54. The molecule has 2 aromatic rings. The second kappa shape index (κ2) is 4.96. The lowest BCUT2D eigenvalue weighted by Crippen LogP contribution is -1.94. The molecule has 0 spiro atoms. The lowest BCUT2D eigenvalue weighted by Gasteiger charge is -2.11. The zero-order valence-electron chi connectivity index (χ0n) is 10.7. The van der Waals surface area contributed by atoms with Crippen molar-refractivity contribution < 1.29 is 9.84 Å². The number of ether oxygens (including phenoxy) is 1. The molecule has 0 aliphatic rings. The summed E-state index contributed by atoms with van der Waals surface area (Å²) in [5.41, 5.74) is 9.60. The SMILES string of the molecule is COc1cc(C)c(C)cc1-c1nc(N)sc1CO. The number of hydrogen-bond donors (Lipinski definition) is 2. The van der Waals surface area contributed by atoms with Gasteiger partial charge in [-0.05, 0) is 37.1 Å². The number of anilines is 1. The van der Waals surface area contributed by atoms with E-state index in [-0.39, 0.29) is 6.61 Å². The first-order chi connectivity index (χ1) is 8.56. The van der Waals surface area contributed by atoms with E-state index in [1.54, 1.807) is 7.11 Å². The number of rotatable bonds is 3. The van der Waals surface area contributed by atoms with E-state index >= 15 is 0 Å². The molecule has 5 heteroatoms. The van der Waals surface area contributed by atoms with Gasteiger partial charge in [-0.2, -0.15) is 0 Å². The number of benzene rings is 1. The minimum Gasteiger partial charge on any atom is -0.496 e. The Hall–Kier alpha value is -1.59. The van der Waals surface area contributed by atoms with Crippen LogP contribution in [0, 0.1) is 13.8 Å². The maximum atomic E-state index is 9.35. The fourth-order valence-electron chi connectivity index (χ4n) is 1.83. The first kappa shape index (κ1) is 12.9. The quantitative estimate of drug-likeness (QED) is 0.893. The Balaban J connectivity index is 2.65. The molecule has 0 radical (unpaired) electrons. The van der Waals surface area contributed by atoms with Gasteiger partial charge >= 0.3 is 0 Å². The van der Waals surface area contributed by atoms with Gasteiger partial charge in [-0.25, -0.2) is 4.98 Å². The summed E-state index contributed by atoms with van der Waals surface area (Å²) in [6, 6.07) is 3.99. The third kappa shape index (κ3) is 2.19. The van der Waals surface area contributed by atoms with Gasteiger partial charge in [-0.15, -0.1) is 0 Å². The van der Waals surface area contributed by atoms with Crippen molar-refractivity contribution in [2.75, 3.05) is 12.8 Å². The summed E-state index contributed by atoms with van der Waals surface area (Å²) in [7, 11) is 1.63. The highest BCUT2D eigenvalue weighted by Crippen LogP contribution is 2.37. The number of aromatic nitrogens is 1. The predicted octanol–water partition coefficient (Wildman–Crippen LogP) is 2.51. The van der Waals surface area contributed by atoms with E-state index in [4.69, 9.17) is 10.5 Å². The smallest absolute Gasteiger partial charge is 0.180 e. The molecule has 0 bridgehead atoms. The molecule has 0 saturated heterocycles. The number of nitrogen functional groups attached to an aromatic ring is 1. The van der Waals surface area contributed by atoms with Crippen LogP contribution in [0.1, 0.15) is 16.0 Å². The number of nitrogens with zero attached hydrogens (tertiary/aromatic N) is 1. The van der Waals surface area contributed by atoms with Gasteiger partial charge in [-0.1, -0.05) is 11.3 Å². The second-order valence-electron chi connectivity index (χ2n) is 4.12. The van der Waals surface area contributed by atoms with Crippen molar-refractivity contribution in [2.45, 2.75) is 20.5 Å². The molecule has 1 aromatic carbocycles. The van der Waals surface area contributed by atoms with Crippen molar-refractivity contribution in [3.8, 4) is 17.0 Å². The number of nitrogens with two attached hydrogens (primary N) is 1. The summed E-state index contributed by atoms with van der Waals surface area (Å²) in [5, 5.41) is 9.81. The summed E-state index contributed by atoms with van der Waals surface area (Å²) < 4.78 is 5.39. The highest BCUT2D eigenvalue weighted by atomic mass is 32.1. The normalized spacial score (nSPS) is 10.7. The number of aliphatic hydroxyl groups is 1. The molecule has 96 valence electrons. The molecule has 3 N–H and O–H groups in total. The largest absolute Gasteiger partial charge is 0.496 e. The van der Waals surface area contributed by atoms with E-state index in [2.05, 4.69) is 4.98 Å².